The SMILES string of the molecule is CCCN(Cc1coc(-c2ccc(C(=O)O)cc2)n1)CC1CC1. The molecule has 0 bridgehead atoms. The Hall–Kier alpha value is -2.14. The van der Waals surface area contributed by atoms with Crippen molar-refractivity contribution in [3.05, 3.63) is 41.8 Å². The summed E-state index contributed by atoms with van der Waals surface area (Å²) in [5.41, 5.74) is 1.99. The highest BCUT2D eigenvalue weighted by Gasteiger charge is 2.24. The number of oxazole rings is 1. The molecule has 0 aliphatic heterocycles. The molecule has 2 aromatic rings. The molecule has 1 aliphatic rings. The molecule has 1 N–H and O–H groups in total. The minimum absolute atomic E-state index is 0.263. The molecule has 3 rings (SSSR count). The van der Waals surface area contributed by atoms with Crippen molar-refractivity contribution in [2.24, 2.45) is 5.92 Å². The fourth-order valence-corrected chi connectivity index (χ4v) is 2.71. The van der Waals surface area contributed by atoms with Gasteiger partial charge in [0, 0.05) is 18.7 Å². The summed E-state index contributed by atoms with van der Waals surface area (Å²) in [5.74, 6) is 0.469. The van der Waals surface area contributed by atoms with Crippen LogP contribution >= 0.6 is 0 Å². The summed E-state index contributed by atoms with van der Waals surface area (Å²) in [5, 5.41) is 8.93. The molecule has 23 heavy (non-hydrogen) atoms. The molecule has 5 nitrogen and oxygen atoms in total. The highest BCUT2D eigenvalue weighted by atomic mass is 16.4. The third kappa shape index (κ3) is 4.20. The van der Waals surface area contributed by atoms with Gasteiger partial charge in [-0.25, -0.2) is 9.78 Å². The average molecular weight is 314 g/mol. The van der Waals surface area contributed by atoms with Crippen molar-refractivity contribution in [3.8, 4) is 11.5 Å². The highest BCUT2D eigenvalue weighted by molar-refractivity contribution is 5.88. The van der Waals surface area contributed by atoms with Crippen LogP contribution in [0, 0.1) is 5.92 Å². The monoisotopic (exact) mass is 314 g/mol. The molecule has 0 spiro atoms. The number of nitrogens with zero attached hydrogens (tertiary/aromatic N) is 2. The van der Waals surface area contributed by atoms with Gasteiger partial charge in [-0.15, -0.1) is 0 Å². The van der Waals surface area contributed by atoms with Crippen LogP contribution in [0.5, 0.6) is 0 Å². The van der Waals surface area contributed by atoms with E-state index in [4.69, 9.17) is 9.52 Å². The lowest BCUT2D eigenvalue weighted by atomic mass is 10.1. The van der Waals surface area contributed by atoms with Crippen LogP contribution in [0.2, 0.25) is 0 Å². The lowest BCUT2D eigenvalue weighted by Crippen LogP contribution is -2.26. The second kappa shape index (κ2) is 6.96. The van der Waals surface area contributed by atoms with Crippen LogP contribution in [0.15, 0.2) is 34.9 Å². The predicted molar refractivity (Wildman–Crippen MR) is 87.2 cm³/mol. The van der Waals surface area contributed by atoms with Crippen molar-refractivity contribution in [2.45, 2.75) is 32.7 Å². The fourth-order valence-electron chi connectivity index (χ4n) is 2.71. The second-order valence-electron chi connectivity index (χ2n) is 6.20. The van der Waals surface area contributed by atoms with Crippen LogP contribution < -0.4 is 0 Å². The maximum atomic E-state index is 10.9. The lowest BCUT2D eigenvalue weighted by Gasteiger charge is -2.19. The van der Waals surface area contributed by atoms with Crippen LogP contribution in [0.25, 0.3) is 11.5 Å². The maximum absolute atomic E-state index is 10.9. The van der Waals surface area contributed by atoms with E-state index in [1.807, 2.05) is 0 Å². The largest absolute Gasteiger partial charge is 0.478 e. The van der Waals surface area contributed by atoms with E-state index in [9.17, 15) is 4.79 Å². The van der Waals surface area contributed by atoms with E-state index in [2.05, 4.69) is 16.8 Å². The average Bonchev–Trinajstić information content (AvgIpc) is 3.23. The van der Waals surface area contributed by atoms with Gasteiger partial charge in [0.25, 0.3) is 0 Å². The first-order valence-electron chi connectivity index (χ1n) is 8.16. The first-order chi connectivity index (χ1) is 11.2. The smallest absolute Gasteiger partial charge is 0.335 e. The molecular formula is C18H22N2O3. The molecule has 0 amide bonds. The highest BCUT2D eigenvalue weighted by Crippen LogP contribution is 2.30. The molecule has 5 heteroatoms. The second-order valence-corrected chi connectivity index (χ2v) is 6.20. The van der Waals surface area contributed by atoms with Gasteiger partial charge in [0.05, 0.1) is 11.3 Å². The molecule has 0 unspecified atom stereocenters. The number of carboxylic acid groups (broad SMARTS) is 1. The minimum atomic E-state index is -0.931. The zero-order valence-electron chi connectivity index (χ0n) is 13.4. The van der Waals surface area contributed by atoms with Crippen LogP contribution in [-0.4, -0.2) is 34.0 Å². The Morgan fingerprint density at radius 3 is 2.70 bits per heavy atom. The number of benzene rings is 1. The summed E-state index contributed by atoms with van der Waals surface area (Å²) in [6.45, 7) is 5.22. The number of carbonyl (C=O) groups is 1. The Bertz CT molecular complexity index is 659. The van der Waals surface area contributed by atoms with E-state index >= 15 is 0 Å². The number of hydrogen-bond acceptors (Lipinski definition) is 4. The standard InChI is InChI=1S/C18H22N2O3/c1-2-9-20(10-13-3-4-13)11-16-12-23-17(19-16)14-5-7-15(8-6-14)18(21)22/h5-8,12-13H,2-4,9-11H2,1H3,(H,21,22). The molecule has 0 saturated heterocycles. The number of rotatable bonds is 8. The zero-order valence-corrected chi connectivity index (χ0v) is 13.4. The lowest BCUT2D eigenvalue weighted by molar-refractivity contribution is 0.0697. The number of aromatic nitrogens is 1. The van der Waals surface area contributed by atoms with Crippen molar-refractivity contribution >= 4 is 5.97 Å². The summed E-state index contributed by atoms with van der Waals surface area (Å²) < 4.78 is 5.57. The van der Waals surface area contributed by atoms with Crippen LogP contribution in [0.3, 0.4) is 0 Å². The molecule has 1 heterocycles. The normalized spacial score (nSPS) is 14.3. The molecule has 1 saturated carbocycles. The predicted octanol–water partition coefficient (Wildman–Crippen LogP) is 3.66. The quantitative estimate of drug-likeness (QED) is 0.805. The summed E-state index contributed by atoms with van der Waals surface area (Å²) in [7, 11) is 0. The van der Waals surface area contributed by atoms with E-state index in [0.29, 0.717) is 5.89 Å². The van der Waals surface area contributed by atoms with Crippen LogP contribution in [0.4, 0.5) is 0 Å². The van der Waals surface area contributed by atoms with Gasteiger partial charge in [-0.2, -0.15) is 0 Å². The first kappa shape index (κ1) is 15.7. The Morgan fingerprint density at radius 1 is 1.35 bits per heavy atom. The molecule has 0 atom stereocenters. The van der Waals surface area contributed by atoms with E-state index in [1.54, 1.807) is 30.5 Å². The number of hydrogen-bond donors (Lipinski definition) is 1. The van der Waals surface area contributed by atoms with Gasteiger partial charge in [-0.3, -0.25) is 4.90 Å². The van der Waals surface area contributed by atoms with Crippen molar-refractivity contribution in [1.29, 1.82) is 0 Å². The van der Waals surface area contributed by atoms with E-state index in [-0.39, 0.29) is 5.56 Å². The minimum Gasteiger partial charge on any atom is -0.478 e. The summed E-state index contributed by atoms with van der Waals surface area (Å²) in [4.78, 5) is 17.9. The van der Waals surface area contributed by atoms with Crippen molar-refractivity contribution in [1.82, 2.24) is 9.88 Å². The van der Waals surface area contributed by atoms with Gasteiger partial charge >= 0.3 is 5.97 Å². The Labute approximate surface area is 135 Å². The molecule has 1 fully saturated rings. The van der Waals surface area contributed by atoms with Crippen molar-refractivity contribution < 1.29 is 14.3 Å². The molecule has 1 aromatic carbocycles. The van der Waals surface area contributed by atoms with Crippen molar-refractivity contribution in [3.63, 3.8) is 0 Å². The van der Waals surface area contributed by atoms with Gasteiger partial charge < -0.3 is 9.52 Å². The fraction of sp³-hybridized carbons (Fsp3) is 0.444. The van der Waals surface area contributed by atoms with Crippen LogP contribution in [0.1, 0.15) is 42.2 Å². The Kier molecular flexibility index (Phi) is 4.76. The maximum Gasteiger partial charge on any atom is 0.335 e. The first-order valence-corrected chi connectivity index (χ1v) is 8.16. The number of aromatic carboxylic acids is 1. The van der Waals surface area contributed by atoms with Crippen LogP contribution in [-0.2, 0) is 6.54 Å². The van der Waals surface area contributed by atoms with Crippen molar-refractivity contribution in [2.75, 3.05) is 13.1 Å². The van der Waals surface area contributed by atoms with Gasteiger partial charge in [-0.1, -0.05) is 6.92 Å². The van der Waals surface area contributed by atoms with Gasteiger partial charge in [0.15, 0.2) is 0 Å². The van der Waals surface area contributed by atoms with E-state index < -0.39 is 5.97 Å². The third-order valence-corrected chi connectivity index (χ3v) is 4.07. The zero-order chi connectivity index (χ0) is 16.2. The Balaban J connectivity index is 1.67. The van der Waals surface area contributed by atoms with Gasteiger partial charge in [-0.05, 0) is 56.0 Å². The third-order valence-electron chi connectivity index (χ3n) is 4.07. The van der Waals surface area contributed by atoms with E-state index in [0.717, 1.165) is 43.2 Å². The summed E-state index contributed by atoms with van der Waals surface area (Å²) in [6.07, 6.45) is 5.53. The molecule has 122 valence electrons. The summed E-state index contributed by atoms with van der Waals surface area (Å²) >= 11 is 0. The number of carboxylic acids is 1. The topological polar surface area (TPSA) is 66.6 Å². The summed E-state index contributed by atoms with van der Waals surface area (Å²) in [6, 6.07) is 6.59. The molecule has 1 aliphatic carbocycles. The molecular weight excluding hydrogens is 292 g/mol. The van der Waals surface area contributed by atoms with E-state index in [1.165, 1.54) is 12.8 Å². The molecule has 0 radical (unpaired) electrons. The van der Waals surface area contributed by atoms with Gasteiger partial charge in [0.2, 0.25) is 5.89 Å². The molecule has 1 aromatic heterocycles. The Morgan fingerprint density at radius 2 is 2.09 bits per heavy atom. The van der Waals surface area contributed by atoms with Gasteiger partial charge in [0.1, 0.15) is 6.26 Å².